The van der Waals surface area contributed by atoms with Crippen molar-refractivity contribution in [1.29, 1.82) is 0 Å². The first-order valence-electron chi connectivity index (χ1n) is 4.74. The molecule has 2 aliphatic carbocycles. The Kier molecular flexibility index (Phi) is 1.97. The summed E-state index contributed by atoms with van der Waals surface area (Å²) in [6.07, 6.45) is 4.31. The van der Waals surface area contributed by atoms with Gasteiger partial charge in [0.15, 0.2) is 0 Å². The van der Waals surface area contributed by atoms with Gasteiger partial charge in [-0.05, 0) is 24.7 Å². The lowest BCUT2D eigenvalue weighted by atomic mass is 9.62. The summed E-state index contributed by atoms with van der Waals surface area (Å²) in [5.41, 5.74) is 0. The van der Waals surface area contributed by atoms with Crippen molar-refractivity contribution in [2.75, 3.05) is 0 Å². The molecular formula is C10H16O2. The van der Waals surface area contributed by atoms with Gasteiger partial charge in [-0.1, -0.05) is 12.5 Å². The van der Waals surface area contributed by atoms with Gasteiger partial charge in [0.05, 0.1) is 12.2 Å². The largest absolute Gasteiger partial charge is 0.392 e. The lowest BCUT2D eigenvalue weighted by Gasteiger charge is -2.47. The smallest absolute Gasteiger partial charge is 0.0774 e. The van der Waals surface area contributed by atoms with Gasteiger partial charge in [0, 0.05) is 5.92 Å². The molecule has 2 heteroatoms. The maximum atomic E-state index is 9.67. The zero-order valence-electron chi connectivity index (χ0n) is 7.19. The van der Waals surface area contributed by atoms with Crippen molar-refractivity contribution in [1.82, 2.24) is 0 Å². The zero-order valence-corrected chi connectivity index (χ0v) is 7.19. The third-order valence-corrected chi connectivity index (χ3v) is 3.59. The fourth-order valence-corrected chi connectivity index (χ4v) is 2.92. The van der Waals surface area contributed by atoms with Crippen LogP contribution < -0.4 is 0 Å². The van der Waals surface area contributed by atoms with Crippen molar-refractivity contribution in [2.24, 2.45) is 17.8 Å². The van der Waals surface area contributed by atoms with Gasteiger partial charge in [0.25, 0.3) is 0 Å². The Labute approximate surface area is 72.9 Å². The van der Waals surface area contributed by atoms with E-state index in [1.165, 1.54) is 12.8 Å². The van der Waals surface area contributed by atoms with Crippen molar-refractivity contribution >= 4 is 0 Å². The molecule has 0 spiro atoms. The van der Waals surface area contributed by atoms with Crippen molar-refractivity contribution in [3.8, 4) is 0 Å². The van der Waals surface area contributed by atoms with E-state index in [2.05, 4.69) is 6.58 Å². The van der Waals surface area contributed by atoms with Crippen LogP contribution in [0.5, 0.6) is 0 Å². The molecule has 2 aliphatic rings. The molecule has 0 aromatic rings. The maximum absolute atomic E-state index is 9.67. The van der Waals surface area contributed by atoms with E-state index in [1.54, 1.807) is 6.08 Å². The summed E-state index contributed by atoms with van der Waals surface area (Å²) in [4.78, 5) is 0. The Morgan fingerprint density at radius 3 is 2.67 bits per heavy atom. The quantitative estimate of drug-likeness (QED) is 0.602. The van der Waals surface area contributed by atoms with Crippen molar-refractivity contribution in [2.45, 2.75) is 31.5 Å². The molecular weight excluding hydrogens is 152 g/mol. The molecule has 0 amide bonds. The van der Waals surface area contributed by atoms with E-state index < -0.39 is 6.10 Å². The molecule has 0 unspecified atom stereocenters. The Hall–Kier alpha value is -0.340. The lowest BCUT2D eigenvalue weighted by molar-refractivity contribution is -0.124. The van der Waals surface area contributed by atoms with E-state index in [0.29, 0.717) is 11.8 Å². The van der Waals surface area contributed by atoms with Gasteiger partial charge in [-0.15, -0.1) is 6.58 Å². The molecule has 0 aromatic carbocycles. The summed E-state index contributed by atoms with van der Waals surface area (Å²) < 4.78 is 0. The minimum absolute atomic E-state index is 0.0787. The minimum atomic E-state index is -0.501. The van der Waals surface area contributed by atoms with E-state index in [4.69, 9.17) is 0 Å². The molecule has 12 heavy (non-hydrogen) atoms. The lowest BCUT2D eigenvalue weighted by Crippen LogP contribution is -2.53. The molecule has 68 valence electrons. The highest BCUT2D eigenvalue weighted by atomic mass is 16.3. The highest BCUT2D eigenvalue weighted by molar-refractivity contribution is 5.06. The topological polar surface area (TPSA) is 40.5 Å². The molecule has 2 saturated carbocycles. The molecule has 2 rings (SSSR count). The molecule has 2 N–H and O–H groups in total. The van der Waals surface area contributed by atoms with E-state index in [1.807, 2.05) is 0 Å². The molecule has 0 aromatic heterocycles. The summed E-state index contributed by atoms with van der Waals surface area (Å²) in [7, 11) is 0. The van der Waals surface area contributed by atoms with Crippen LogP contribution in [0.3, 0.4) is 0 Å². The fraction of sp³-hybridized carbons (Fsp3) is 0.800. The Morgan fingerprint density at radius 1 is 1.33 bits per heavy atom. The average molecular weight is 168 g/mol. The predicted molar refractivity (Wildman–Crippen MR) is 46.5 cm³/mol. The van der Waals surface area contributed by atoms with Gasteiger partial charge in [-0.25, -0.2) is 0 Å². The number of aliphatic hydroxyl groups excluding tert-OH is 2. The molecule has 0 bridgehead atoms. The monoisotopic (exact) mass is 168 g/mol. The highest BCUT2D eigenvalue weighted by Crippen LogP contribution is 2.52. The van der Waals surface area contributed by atoms with Gasteiger partial charge in [-0.2, -0.15) is 0 Å². The van der Waals surface area contributed by atoms with Gasteiger partial charge in [0.1, 0.15) is 0 Å². The van der Waals surface area contributed by atoms with Crippen LogP contribution in [-0.4, -0.2) is 22.4 Å². The van der Waals surface area contributed by atoms with Gasteiger partial charge < -0.3 is 10.2 Å². The molecule has 0 radical (unpaired) electrons. The summed E-state index contributed by atoms with van der Waals surface area (Å²) in [6.45, 7) is 3.55. The van der Waals surface area contributed by atoms with Gasteiger partial charge in [0.2, 0.25) is 0 Å². The van der Waals surface area contributed by atoms with Crippen LogP contribution in [0, 0.1) is 17.8 Å². The zero-order chi connectivity index (χ0) is 8.72. The summed E-state index contributed by atoms with van der Waals surface area (Å²) in [6, 6.07) is 0. The minimum Gasteiger partial charge on any atom is -0.392 e. The fourth-order valence-electron chi connectivity index (χ4n) is 2.92. The maximum Gasteiger partial charge on any atom is 0.0774 e. The van der Waals surface area contributed by atoms with Gasteiger partial charge in [-0.3, -0.25) is 0 Å². The summed E-state index contributed by atoms with van der Waals surface area (Å²) >= 11 is 0. The number of aliphatic hydroxyl groups is 2. The third kappa shape index (κ3) is 0.947. The van der Waals surface area contributed by atoms with E-state index in [9.17, 15) is 10.2 Å². The Balaban J connectivity index is 2.04. The van der Waals surface area contributed by atoms with Crippen LogP contribution >= 0.6 is 0 Å². The second-order valence-corrected chi connectivity index (χ2v) is 4.05. The molecule has 0 heterocycles. The Bertz CT molecular complexity index is 190. The Morgan fingerprint density at radius 2 is 2.00 bits per heavy atom. The van der Waals surface area contributed by atoms with Crippen molar-refractivity contribution in [3.63, 3.8) is 0 Å². The van der Waals surface area contributed by atoms with Crippen LogP contribution in [-0.2, 0) is 0 Å². The van der Waals surface area contributed by atoms with Crippen molar-refractivity contribution in [3.05, 3.63) is 12.7 Å². The van der Waals surface area contributed by atoms with Crippen LogP contribution in [0.4, 0.5) is 0 Å². The molecule has 0 saturated heterocycles. The number of rotatable bonds is 2. The first-order valence-corrected chi connectivity index (χ1v) is 4.74. The highest BCUT2D eigenvalue weighted by Gasteiger charge is 2.53. The average Bonchev–Trinajstić information content (AvgIpc) is 2.48. The standard InChI is InChI=1S/C10H16O2/c1-2-8(11)9-6-4-3-5-7(6)10(9)12/h2,6-12H,1,3-5H2/t6-,7+,8-,9-,10-/m0/s1. The van der Waals surface area contributed by atoms with E-state index in [0.717, 1.165) is 6.42 Å². The second kappa shape index (κ2) is 2.86. The third-order valence-electron chi connectivity index (χ3n) is 3.59. The molecule has 5 atom stereocenters. The first-order chi connectivity index (χ1) is 5.75. The number of hydrogen-bond donors (Lipinski definition) is 2. The molecule has 2 fully saturated rings. The van der Waals surface area contributed by atoms with Crippen LogP contribution in [0.25, 0.3) is 0 Å². The van der Waals surface area contributed by atoms with Crippen LogP contribution in [0.2, 0.25) is 0 Å². The van der Waals surface area contributed by atoms with Crippen LogP contribution in [0.1, 0.15) is 19.3 Å². The van der Waals surface area contributed by atoms with E-state index in [-0.39, 0.29) is 12.0 Å². The SMILES string of the molecule is C=C[C@H](O)[C@H]1[C@@H](O)[C@@H]2CCC[C@@H]21. The normalized spacial score (nSPS) is 47.8. The van der Waals surface area contributed by atoms with Gasteiger partial charge >= 0.3 is 0 Å². The number of fused-ring (bicyclic) bond motifs is 1. The van der Waals surface area contributed by atoms with Crippen LogP contribution in [0.15, 0.2) is 12.7 Å². The predicted octanol–water partition coefficient (Wildman–Crippen LogP) is 0.940. The molecule has 2 nitrogen and oxygen atoms in total. The molecule has 0 aliphatic heterocycles. The summed E-state index contributed by atoms with van der Waals surface area (Å²) in [5.74, 6) is 1.12. The van der Waals surface area contributed by atoms with E-state index >= 15 is 0 Å². The number of hydrogen-bond acceptors (Lipinski definition) is 2. The van der Waals surface area contributed by atoms with Crippen molar-refractivity contribution < 1.29 is 10.2 Å². The first kappa shape index (κ1) is 8.27. The summed E-state index contributed by atoms with van der Waals surface area (Å²) in [5, 5.41) is 19.2. The second-order valence-electron chi connectivity index (χ2n) is 4.05.